The van der Waals surface area contributed by atoms with Crippen LogP contribution in [0.5, 0.6) is 0 Å². The minimum atomic E-state index is -2.00. The molecule has 538 valence electrons. The van der Waals surface area contributed by atoms with Gasteiger partial charge in [-0.1, -0.05) is 0 Å². The summed E-state index contributed by atoms with van der Waals surface area (Å²) in [5, 5.41) is 58.7. The van der Waals surface area contributed by atoms with Gasteiger partial charge < -0.3 is 125 Å². The van der Waals surface area contributed by atoms with E-state index in [1.165, 1.54) is 18.7 Å². The first kappa shape index (κ1) is 112. The molecule has 48 nitrogen and oxygen atoms in total. The van der Waals surface area contributed by atoms with Crippen LogP contribution in [0.25, 0.3) is 23.8 Å². The smallest absolute Gasteiger partial charge is 0.545 e. The molecular formula is C42H62Cu4N20O28+4. The standard InChI is InChI=1S/C10H6O8.4C8H9N5O2.4Cu.12H2O/c11-7(12)3-1-4(8(13)14)6(10(17)18)2-5(3)9(15)16;4*1-4-3-5(2)13(12-4)6-9-7(14)11-8(15)10-6;;;;;;;;;;;;;;;;/h1-2H,(H,11,12)(H,13,14)(H,15,16)(H,17,18);4*3H,1-2H3,(H2,9,10,11,14,15);;;;;12*1H2/q;;;;;4*+2;;;;;;;;;;;;/p-4. The summed E-state index contributed by atoms with van der Waals surface area (Å²) < 4.78 is 5.41. The molecular weight excluding hydrogens is 1490 g/mol. The molecule has 1 aromatic carbocycles. The zero-order valence-electron chi connectivity index (χ0n) is 48.7. The van der Waals surface area contributed by atoms with Crippen LogP contribution in [0, 0.1) is 55.4 Å². The molecule has 0 aliphatic heterocycles. The fourth-order valence-electron chi connectivity index (χ4n) is 6.40. The number of aromatic nitrogens is 20. The first-order valence-electron chi connectivity index (χ1n) is 21.3. The number of aromatic amines is 4. The van der Waals surface area contributed by atoms with E-state index in [0.717, 1.165) is 45.6 Å². The number of nitrogens with one attached hydrogen (secondary N) is 4. The molecule has 0 aliphatic rings. The predicted octanol–water partition coefficient (Wildman–Crippen LogP) is -19.6. The molecule has 0 bridgehead atoms. The van der Waals surface area contributed by atoms with Crippen LogP contribution in [-0.4, -0.2) is 147 Å². The molecule has 0 fully saturated rings. The van der Waals surface area contributed by atoms with E-state index in [-0.39, 0.29) is 158 Å². The molecule has 0 amide bonds. The molecule has 0 aliphatic carbocycles. The Balaban J connectivity index is -0.0000000859. The molecule has 0 atom stereocenters. The van der Waals surface area contributed by atoms with Crippen LogP contribution in [0.2, 0.25) is 0 Å². The quantitative estimate of drug-likeness (QED) is 0.0810. The summed E-state index contributed by atoms with van der Waals surface area (Å²) >= 11 is 0. The Kier molecular flexibility index (Phi) is 56.8. The second kappa shape index (κ2) is 47.8. The van der Waals surface area contributed by atoms with E-state index >= 15 is 0 Å². The molecule has 0 spiro atoms. The molecule has 0 saturated carbocycles. The summed E-state index contributed by atoms with van der Waals surface area (Å²) in [5.74, 6) is -8.02. The van der Waals surface area contributed by atoms with E-state index in [4.69, 9.17) is 0 Å². The van der Waals surface area contributed by atoms with Gasteiger partial charge in [0.1, 0.15) is 23.8 Å². The fraction of sp³-hybridized carbons (Fsp3) is 0.190. The van der Waals surface area contributed by atoms with Crippen LogP contribution in [-0.2, 0) is 90.2 Å². The Hall–Kier alpha value is -10.0. The maximum Gasteiger partial charge on any atom is 2.00 e. The van der Waals surface area contributed by atoms with E-state index in [9.17, 15) is 78.0 Å². The Morgan fingerprint density at radius 2 is 0.468 bits per heavy atom. The maximum absolute atomic E-state index is 11.0. The number of aromatic carboxylic acids is 4. The zero-order valence-corrected chi connectivity index (χ0v) is 52.4. The van der Waals surface area contributed by atoms with E-state index in [0.29, 0.717) is 12.1 Å². The SMILES string of the molecule is Cc1cc(C)n(-c2nc(=O)[nH]c(=O)[n-]2)n1.Cc1cc(C)n(-c2nc(=O)[nH]c(=O)[n-]2)n1.Cc1cc(C)n(-c2nc(=O)[nH]c(=O)[n-]2)n1.Cc1cc(C)n(-c2nc(=O)[nH]c(=O)[n-]2)n1.O.O.O.O.O.O.O.O.O=C([O-])c1cc(C(=O)[O-])c(C(=O)[O-])cc1C(=O)[O-].[Cu+2].[Cu+2].[Cu+2].[Cu+2].[OH3+].[OH3+].[OH3+].[OH3+]. The second-order valence-electron chi connectivity index (χ2n) is 15.5. The van der Waals surface area contributed by atoms with Crippen molar-refractivity contribution in [1.82, 2.24) is 98.9 Å². The molecule has 32 N–H and O–H groups in total. The van der Waals surface area contributed by atoms with Crippen molar-refractivity contribution in [2.24, 2.45) is 0 Å². The fourth-order valence-corrected chi connectivity index (χ4v) is 6.40. The molecule has 8 aromatic heterocycles. The molecule has 94 heavy (non-hydrogen) atoms. The molecule has 9 aromatic rings. The third-order valence-corrected chi connectivity index (χ3v) is 9.30. The van der Waals surface area contributed by atoms with Gasteiger partial charge in [0.15, 0.2) is 0 Å². The number of carboxylic acids is 4. The number of hydrogen-bond acceptors (Lipinski definition) is 24. The zero-order chi connectivity index (χ0) is 58.0. The summed E-state index contributed by atoms with van der Waals surface area (Å²) in [6, 6.07) is 7.82. The first-order chi connectivity index (χ1) is 36.5. The van der Waals surface area contributed by atoms with Crippen molar-refractivity contribution in [3.63, 3.8) is 0 Å². The van der Waals surface area contributed by atoms with Gasteiger partial charge in [-0.15, -0.1) is 0 Å². The van der Waals surface area contributed by atoms with Gasteiger partial charge >= 0.3 is 68.3 Å². The molecule has 52 heteroatoms. The summed E-state index contributed by atoms with van der Waals surface area (Å²) in [7, 11) is 0. The number of H-pyrrole nitrogens is 4. The van der Waals surface area contributed by atoms with Gasteiger partial charge in [-0.2, -0.15) is 0 Å². The molecule has 0 saturated heterocycles. The topological polar surface area (TPSA) is 923 Å². The molecule has 9 rings (SSSR count). The summed E-state index contributed by atoms with van der Waals surface area (Å²) in [5.41, 5.74) is -3.79. The third kappa shape index (κ3) is 29.9. The van der Waals surface area contributed by atoms with Gasteiger partial charge in [0.05, 0.1) is 23.9 Å². The normalized spacial score (nSPS) is 8.60. The van der Waals surface area contributed by atoms with Crippen molar-refractivity contribution < 1.29 is 174 Å². The van der Waals surface area contributed by atoms with Gasteiger partial charge in [-0.3, -0.25) is 97.0 Å². The number of carbonyl (C=O) groups is 4. The Bertz CT molecular complexity index is 3660. The van der Waals surface area contributed by atoms with E-state index in [1.807, 2.05) is 19.9 Å². The van der Waals surface area contributed by atoms with E-state index < -0.39 is 91.6 Å². The second-order valence-corrected chi connectivity index (χ2v) is 15.5. The first-order valence-corrected chi connectivity index (χ1v) is 21.3. The van der Waals surface area contributed by atoms with Crippen molar-refractivity contribution in [1.29, 1.82) is 0 Å². The van der Waals surface area contributed by atoms with Crippen molar-refractivity contribution >= 4 is 23.9 Å². The van der Waals surface area contributed by atoms with Crippen LogP contribution < -0.4 is 85.9 Å². The van der Waals surface area contributed by atoms with Crippen LogP contribution in [0.4, 0.5) is 0 Å². The number of hydrogen-bond donors (Lipinski definition) is 4. The van der Waals surface area contributed by atoms with Crippen molar-refractivity contribution in [2.45, 2.75) is 55.4 Å². The van der Waals surface area contributed by atoms with E-state index in [2.05, 4.69) is 60.3 Å². The largest absolute Gasteiger partial charge is 2.00 e. The van der Waals surface area contributed by atoms with E-state index in [1.54, 1.807) is 79.7 Å². The maximum atomic E-state index is 11.0. The number of carbonyl (C=O) groups excluding carboxylic acids is 4. The Labute approximate surface area is 561 Å². The van der Waals surface area contributed by atoms with Crippen LogP contribution in [0.3, 0.4) is 0 Å². The molecule has 4 radical (unpaired) electrons. The average Bonchev–Trinajstić information content (AvgIpc) is 4.07. The van der Waals surface area contributed by atoms with Crippen LogP contribution in [0.15, 0.2) is 74.8 Å². The summed E-state index contributed by atoms with van der Waals surface area (Å²) in [6.07, 6.45) is 0. The number of benzene rings is 1. The predicted molar refractivity (Wildman–Crippen MR) is 296 cm³/mol. The van der Waals surface area contributed by atoms with Gasteiger partial charge in [0.2, 0.25) is 0 Å². The summed E-state index contributed by atoms with van der Waals surface area (Å²) in [6.45, 7) is 14.3. The molecule has 0 unspecified atom stereocenters. The monoisotopic (exact) mass is 1550 g/mol. The van der Waals surface area contributed by atoms with Gasteiger partial charge in [-0.25, -0.2) is 20.4 Å². The minimum absolute atomic E-state index is 0. The number of aryl methyl sites for hydroxylation is 8. The Morgan fingerprint density at radius 1 is 0.319 bits per heavy atom. The van der Waals surface area contributed by atoms with Gasteiger partial charge in [0.25, 0.3) is 45.5 Å². The molecule has 8 heterocycles. The van der Waals surface area contributed by atoms with Crippen LogP contribution in [0.1, 0.15) is 87.0 Å². The van der Waals surface area contributed by atoms with Crippen molar-refractivity contribution in [2.75, 3.05) is 0 Å². The van der Waals surface area contributed by atoms with Gasteiger partial charge in [-0.05, 0) is 115 Å². The number of carboxylic acid groups (broad SMARTS) is 4. The average molecular weight is 1550 g/mol. The van der Waals surface area contributed by atoms with Crippen molar-refractivity contribution in [3.05, 3.63) is 188 Å². The van der Waals surface area contributed by atoms with Crippen molar-refractivity contribution in [3.8, 4) is 23.8 Å². The number of nitrogens with zero attached hydrogens (tertiary/aromatic N) is 16. The number of rotatable bonds is 8. The minimum Gasteiger partial charge on any atom is -0.545 e. The van der Waals surface area contributed by atoms with Crippen LogP contribution >= 0.6 is 0 Å². The summed E-state index contributed by atoms with van der Waals surface area (Å²) in [4.78, 5) is 166. The third-order valence-electron chi connectivity index (χ3n) is 9.30. The van der Waals surface area contributed by atoms with Gasteiger partial charge in [0, 0.05) is 45.0 Å². The Morgan fingerprint density at radius 3 is 0.574 bits per heavy atom.